The van der Waals surface area contributed by atoms with Crippen molar-refractivity contribution in [1.29, 1.82) is 0 Å². The van der Waals surface area contributed by atoms with Crippen molar-refractivity contribution in [3.05, 3.63) is 58.1 Å². The molecule has 0 spiro atoms. The molecule has 0 aliphatic heterocycles. The van der Waals surface area contributed by atoms with Gasteiger partial charge in [-0.1, -0.05) is 19.9 Å². The summed E-state index contributed by atoms with van der Waals surface area (Å²) in [5.74, 6) is -1.22. The third kappa shape index (κ3) is 5.20. The number of nitrogens with zero attached hydrogens (tertiary/aromatic N) is 1. The molecule has 2 rings (SSSR count). The number of aromatic carboxylic acids is 1. The maximum atomic E-state index is 12.4. The second-order valence-corrected chi connectivity index (χ2v) is 5.70. The van der Waals surface area contributed by atoms with Crippen LogP contribution in [0.15, 0.2) is 41.5 Å². The number of benzene rings is 1. The van der Waals surface area contributed by atoms with Crippen molar-refractivity contribution >= 4 is 16.9 Å². The van der Waals surface area contributed by atoms with Crippen molar-refractivity contribution in [2.24, 2.45) is 0 Å². The van der Waals surface area contributed by atoms with E-state index in [4.69, 9.17) is 9.84 Å². The quantitative estimate of drug-likeness (QED) is 0.583. The van der Waals surface area contributed by atoms with Gasteiger partial charge in [0.25, 0.3) is 0 Å². The Morgan fingerprint density at radius 3 is 2.58 bits per heavy atom. The molecule has 0 bridgehead atoms. The number of rotatable bonds is 7. The Kier molecular flexibility index (Phi) is 8.58. The summed E-state index contributed by atoms with van der Waals surface area (Å²) in [6.45, 7) is 8.05. The molecule has 26 heavy (non-hydrogen) atoms. The number of aliphatic hydroxyl groups excluding tert-OH is 1. The Balaban J connectivity index is 0.00000163. The number of carboxylic acids is 1. The lowest BCUT2D eigenvalue weighted by Gasteiger charge is -2.16. The summed E-state index contributed by atoms with van der Waals surface area (Å²) in [7, 11) is 0. The van der Waals surface area contributed by atoms with Crippen molar-refractivity contribution < 1.29 is 19.7 Å². The lowest BCUT2D eigenvalue weighted by atomic mass is 10.1. The summed E-state index contributed by atoms with van der Waals surface area (Å²) in [6, 6.07) is 5.49. The molecule has 6 nitrogen and oxygen atoms in total. The molecule has 0 amide bonds. The Morgan fingerprint density at radius 2 is 2.00 bits per heavy atom. The number of allylic oxidation sites excluding steroid dienone is 1. The minimum absolute atomic E-state index is 0.0313. The van der Waals surface area contributed by atoms with Crippen molar-refractivity contribution in [3.8, 4) is 0 Å². The van der Waals surface area contributed by atoms with Gasteiger partial charge in [0, 0.05) is 17.6 Å². The fraction of sp³-hybridized carbons (Fsp3) is 0.400. The molecule has 0 aliphatic rings. The van der Waals surface area contributed by atoms with Gasteiger partial charge in [-0.05, 0) is 44.0 Å². The summed E-state index contributed by atoms with van der Waals surface area (Å²) >= 11 is 0. The average molecular weight is 361 g/mol. The molecule has 0 fully saturated rings. The van der Waals surface area contributed by atoms with Crippen molar-refractivity contribution in [2.45, 2.75) is 40.2 Å². The van der Waals surface area contributed by atoms with Crippen LogP contribution in [0.2, 0.25) is 0 Å². The second kappa shape index (κ2) is 10.4. The Bertz CT molecular complexity index is 821. The topological polar surface area (TPSA) is 88.8 Å². The highest BCUT2D eigenvalue weighted by Crippen LogP contribution is 2.19. The number of ether oxygens (including phenoxy) is 1. The van der Waals surface area contributed by atoms with E-state index in [0.29, 0.717) is 17.3 Å². The smallest absolute Gasteiger partial charge is 0.341 e. The van der Waals surface area contributed by atoms with Crippen LogP contribution in [0, 0.1) is 0 Å². The fourth-order valence-electron chi connectivity index (χ4n) is 2.48. The molecule has 1 aromatic carbocycles. The van der Waals surface area contributed by atoms with Crippen molar-refractivity contribution in [3.63, 3.8) is 0 Å². The molecule has 1 heterocycles. The second-order valence-electron chi connectivity index (χ2n) is 5.70. The van der Waals surface area contributed by atoms with E-state index in [-0.39, 0.29) is 24.8 Å². The van der Waals surface area contributed by atoms with Gasteiger partial charge in [-0.2, -0.15) is 0 Å². The van der Waals surface area contributed by atoms with Gasteiger partial charge in [0.2, 0.25) is 5.43 Å². The van der Waals surface area contributed by atoms with Crippen LogP contribution in [0.25, 0.3) is 10.9 Å². The molecule has 1 aromatic heterocycles. The van der Waals surface area contributed by atoms with E-state index in [9.17, 15) is 14.7 Å². The number of hydrogen-bond donors (Lipinski definition) is 2. The Hall–Kier alpha value is -2.60. The van der Waals surface area contributed by atoms with Gasteiger partial charge in [-0.25, -0.2) is 4.79 Å². The number of aromatic nitrogens is 1. The molecule has 2 aromatic rings. The molecule has 6 heteroatoms. The number of pyridine rings is 1. The van der Waals surface area contributed by atoms with Crippen LogP contribution in [-0.4, -0.2) is 34.0 Å². The molecule has 2 N–H and O–H groups in total. The first kappa shape index (κ1) is 21.4. The van der Waals surface area contributed by atoms with E-state index in [1.165, 1.54) is 12.5 Å². The number of fused-ring (bicyclic) bond motifs is 1. The SMILES string of the molecule is CC.CC(C)n1cc(C(=O)O)c(=O)c2cc(C/C=C/OCCO)ccc21. The largest absolute Gasteiger partial charge is 0.499 e. The molecule has 0 saturated carbocycles. The zero-order chi connectivity index (χ0) is 19.7. The van der Waals surface area contributed by atoms with Gasteiger partial charge < -0.3 is 19.5 Å². The standard InChI is InChI=1S/C18H21NO5.C2H6/c1-12(2)19-11-15(18(22)23)17(21)14-10-13(5-6-16(14)19)4-3-8-24-9-7-20;1-2/h3,5-6,8,10-12,20H,4,7,9H2,1-2H3,(H,22,23);1-2H3/b8-3+;. The highest BCUT2D eigenvalue weighted by atomic mass is 16.5. The predicted molar refractivity (Wildman–Crippen MR) is 103 cm³/mol. The van der Waals surface area contributed by atoms with Crippen LogP contribution < -0.4 is 5.43 Å². The first-order chi connectivity index (χ1) is 12.5. The molecular formula is C20H27NO5. The summed E-state index contributed by atoms with van der Waals surface area (Å²) in [6.07, 6.45) is 5.22. The minimum atomic E-state index is -1.22. The maximum absolute atomic E-state index is 12.4. The highest BCUT2D eigenvalue weighted by Gasteiger charge is 2.15. The third-order valence-corrected chi connectivity index (χ3v) is 3.64. The molecule has 0 radical (unpaired) electrons. The first-order valence-corrected chi connectivity index (χ1v) is 8.74. The first-order valence-electron chi connectivity index (χ1n) is 8.74. The monoisotopic (exact) mass is 361 g/mol. The van der Waals surface area contributed by atoms with E-state index in [2.05, 4.69) is 0 Å². The molecule has 142 valence electrons. The average Bonchev–Trinajstić information content (AvgIpc) is 2.63. The predicted octanol–water partition coefficient (Wildman–Crippen LogP) is 3.37. The summed E-state index contributed by atoms with van der Waals surface area (Å²) in [5.41, 5.74) is 0.887. The van der Waals surface area contributed by atoms with E-state index in [0.717, 1.165) is 5.56 Å². The third-order valence-electron chi connectivity index (χ3n) is 3.64. The Morgan fingerprint density at radius 1 is 1.31 bits per heavy atom. The lowest BCUT2D eigenvalue weighted by Crippen LogP contribution is -2.19. The molecule has 0 aliphatic carbocycles. The molecule has 0 saturated heterocycles. The van der Waals surface area contributed by atoms with Crippen LogP contribution >= 0.6 is 0 Å². The molecule has 0 atom stereocenters. The molecule has 0 unspecified atom stereocenters. The van der Waals surface area contributed by atoms with E-state index < -0.39 is 11.4 Å². The van der Waals surface area contributed by atoms with Gasteiger partial charge in [0.1, 0.15) is 12.2 Å². The number of carbonyl (C=O) groups is 1. The summed E-state index contributed by atoms with van der Waals surface area (Å²) < 4.78 is 6.84. The highest BCUT2D eigenvalue weighted by molar-refractivity contribution is 5.92. The van der Waals surface area contributed by atoms with Gasteiger partial charge in [-0.15, -0.1) is 0 Å². The number of hydrogen-bond acceptors (Lipinski definition) is 4. The summed E-state index contributed by atoms with van der Waals surface area (Å²) in [4.78, 5) is 23.8. The van der Waals surface area contributed by atoms with Gasteiger partial charge in [0.15, 0.2) is 0 Å². The fourth-order valence-corrected chi connectivity index (χ4v) is 2.48. The minimum Gasteiger partial charge on any atom is -0.499 e. The number of aliphatic hydroxyl groups is 1. The van der Waals surface area contributed by atoms with Gasteiger partial charge in [-0.3, -0.25) is 4.79 Å². The molecular weight excluding hydrogens is 334 g/mol. The van der Waals surface area contributed by atoms with E-state index in [1.54, 1.807) is 16.7 Å². The van der Waals surface area contributed by atoms with E-state index >= 15 is 0 Å². The zero-order valence-electron chi connectivity index (χ0n) is 15.7. The lowest BCUT2D eigenvalue weighted by molar-refractivity contribution is 0.0694. The maximum Gasteiger partial charge on any atom is 0.341 e. The number of carboxylic acid groups (broad SMARTS) is 1. The van der Waals surface area contributed by atoms with Gasteiger partial charge in [0.05, 0.1) is 18.4 Å². The zero-order valence-corrected chi connectivity index (χ0v) is 15.7. The summed E-state index contributed by atoms with van der Waals surface area (Å²) in [5, 5.41) is 18.3. The van der Waals surface area contributed by atoms with Crippen molar-refractivity contribution in [2.75, 3.05) is 13.2 Å². The van der Waals surface area contributed by atoms with Crippen LogP contribution in [0.1, 0.15) is 49.7 Å². The van der Waals surface area contributed by atoms with Crippen LogP contribution in [-0.2, 0) is 11.2 Å². The van der Waals surface area contributed by atoms with E-state index in [1.807, 2.05) is 39.8 Å². The van der Waals surface area contributed by atoms with Crippen LogP contribution in [0.4, 0.5) is 0 Å². The van der Waals surface area contributed by atoms with Crippen LogP contribution in [0.5, 0.6) is 0 Å². The normalized spacial score (nSPS) is 10.8. The van der Waals surface area contributed by atoms with Gasteiger partial charge >= 0.3 is 5.97 Å². The Labute approximate surface area is 153 Å². The van der Waals surface area contributed by atoms with Crippen LogP contribution in [0.3, 0.4) is 0 Å². The van der Waals surface area contributed by atoms with Crippen molar-refractivity contribution in [1.82, 2.24) is 4.57 Å².